The minimum absolute atomic E-state index is 0.154. The number of rotatable bonds is 12. The molecule has 0 fully saturated rings. The number of fused-ring (bicyclic) bond motifs is 1. The van der Waals surface area contributed by atoms with Crippen molar-refractivity contribution < 1.29 is 28.2 Å². The Morgan fingerprint density at radius 1 is 1.14 bits per heavy atom. The number of amides is 1. The summed E-state index contributed by atoms with van der Waals surface area (Å²) < 4.78 is 28.6. The number of methoxy groups -OCH3 is 2. The fourth-order valence-corrected chi connectivity index (χ4v) is 4.10. The largest absolute Gasteiger partial charge is 0.497 e. The Balaban J connectivity index is 2.01. The highest BCUT2D eigenvalue weighted by Gasteiger charge is 2.21. The molecule has 1 aromatic heterocycles. The first-order valence-corrected chi connectivity index (χ1v) is 12.3. The second kappa shape index (κ2) is 12.5. The van der Waals surface area contributed by atoms with Gasteiger partial charge in [0.25, 0.3) is 0 Å². The van der Waals surface area contributed by atoms with Gasteiger partial charge in [0.05, 0.1) is 33.2 Å². The third-order valence-electron chi connectivity index (χ3n) is 5.87. The summed E-state index contributed by atoms with van der Waals surface area (Å²) in [6.07, 6.45) is 4.27. The van der Waals surface area contributed by atoms with E-state index < -0.39 is 0 Å². The zero-order valence-corrected chi connectivity index (χ0v) is 22.3. The Labute approximate surface area is 213 Å². The normalized spacial score (nSPS) is 11.7. The minimum Gasteiger partial charge on any atom is -0.497 e. The monoisotopic (exact) mass is 495 g/mol. The number of hydrogen-bond donors (Lipinski definition) is 1. The molecule has 0 atom stereocenters. The number of aryl methyl sites for hydroxylation is 1. The second-order valence-electron chi connectivity index (χ2n) is 8.80. The molecule has 0 bridgehead atoms. The van der Waals surface area contributed by atoms with Crippen LogP contribution in [-0.4, -0.2) is 46.0 Å². The van der Waals surface area contributed by atoms with Gasteiger partial charge in [0, 0.05) is 46.9 Å². The molecule has 0 aliphatic rings. The summed E-state index contributed by atoms with van der Waals surface area (Å²) in [6.45, 7) is 11.5. The number of furan rings is 1. The molecule has 1 N–H and O–H groups in total. The first kappa shape index (κ1) is 27.1. The van der Waals surface area contributed by atoms with Gasteiger partial charge in [-0.15, -0.1) is 0 Å². The highest BCUT2D eigenvalue weighted by molar-refractivity contribution is 6.02. The highest BCUT2D eigenvalue weighted by Crippen LogP contribution is 2.43. The van der Waals surface area contributed by atoms with Gasteiger partial charge in [-0.05, 0) is 70.9 Å². The van der Waals surface area contributed by atoms with Gasteiger partial charge in [-0.1, -0.05) is 0 Å². The van der Waals surface area contributed by atoms with Gasteiger partial charge in [0.1, 0.15) is 22.8 Å². The van der Waals surface area contributed by atoms with E-state index in [0.29, 0.717) is 31.3 Å². The molecule has 0 spiro atoms. The van der Waals surface area contributed by atoms with Crippen molar-refractivity contribution in [3.8, 4) is 28.4 Å². The van der Waals surface area contributed by atoms with Gasteiger partial charge in [-0.2, -0.15) is 0 Å². The van der Waals surface area contributed by atoms with Crippen molar-refractivity contribution in [1.82, 2.24) is 5.32 Å². The number of nitrogens with one attached hydrogen (secondary N) is 1. The van der Waals surface area contributed by atoms with E-state index in [-0.39, 0.29) is 12.0 Å². The van der Waals surface area contributed by atoms with E-state index in [4.69, 9.17) is 23.4 Å². The lowest BCUT2D eigenvalue weighted by Gasteiger charge is -2.15. The lowest BCUT2D eigenvalue weighted by atomic mass is 9.96. The smallest absolute Gasteiger partial charge is 0.244 e. The Morgan fingerprint density at radius 2 is 1.92 bits per heavy atom. The van der Waals surface area contributed by atoms with Crippen LogP contribution in [0.4, 0.5) is 0 Å². The molecule has 1 heterocycles. The molecule has 7 nitrogen and oxygen atoms in total. The predicted molar refractivity (Wildman–Crippen MR) is 143 cm³/mol. The molecular formula is C29H37NO6. The number of hydrogen-bond acceptors (Lipinski definition) is 6. The van der Waals surface area contributed by atoms with E-state index in [1.807, 2.05) is 58.9 Å². The topological polar surface area (TPSA) is 79.2 Å². The first-order chi connectivity index (χ1) is 17.3. The summed E-state index contributed by atoms with van der Waals surface area (Å²) in [5, 5.41) is 3.83. The molecule has 0 aliphatic carbocycles. The summed E-state index contributed by atoms with van der Waals surface area (Å²) in [5.74, 6) is 1.98. The van der Waals surface area contributed by atoms with Crippen LogP contribution in [0.25, 0.3) is 27.7 Å². The maximum Gasteiger partial charge on any atom is 0.244 e. The van der Waals surface area contributed by atoms with Gasteiger partial charge in [0.2, 0.25) is 5.91 Å². The van der Waals surface area contributed by atoms with Crippen LogP contribution < -0.4 is 19.5 Å². The summed E-state index contributed by atoms with van der Waals surface area (Å²) in [6, 6.07) is 7.67. The van der Waals surface area contributed by atoms with Crippen molar-refractivity contribution >= 4 is 22.4 Å². The molecule has 0 unspecified atom stereocenters. The van der Waals surface area contributed by atoms with Gasteiger partial charge in [-0.3, -0.25) is 4.79 Å². The number of benzene rings is 2. The molecule has 7 heteroatoms. The van der Waals surface area contributed by atoms with Crippen molar-refractivity contribution in [3.05, 3.63) is 47.7 Å². The average molecular weight is 496 g/mol. The molecular weight excluding hydrogens is 458 g/mol. The van der Waals surface area contributed by atoms with Crippen molar-refractivity contribution in [2.75, 3.05) is 34.0 Å². The van der Waals surface area contributed by atoms with Gasteiger partial charge < -0.3 is 28.7 Å². The maximum absolute atomic E-state index is 12.6. The molecule has 0 saturated carbocycles. The fourth-order valence-electron chi connectivity index (χ4n) is 4.10. The van der Waals surface area contributed by atoms with Gasteiger partial charge in [-0.25, -0.2) is 0 Å². The van der Waals surface area contributed by atoms with Gasteiger partial charge in [0.15, 0.2) is 0 Å². The molecule has 36 heavy (non-hydrogen) atoms. The SMILES string of the molecule is CCOc1c(/C(C)=C/C(=O)NCCCOC(C)C)cc2c(-c3cc(OC)ccc3OC)coc2c1C. The van der Waals surface area contributed by atoms with E-state index in [0.717, 1.165) is 51.0 Å². The zero-order valence-electron chi connectivity index (χ0n) is 22.3. The van der Waals surface area contributed by atoms with Crippen LogP contribution in [0.3, 0.4) is 0 Å². The standard InChI is InChI=1S/C29H37NO6/c1-8-34-28-20(5)29-24(25(17-36-29)23-15-21(32-6)10-11-26(23)33-7)16-22(28)19(4)14-27(31)30-12-9-13-35-18(2)3/h10-11,14-18H,8-9,12-13H2,1-7H3,(H,30,31)/b19-14+. The second-order valence-corrected chi connectivity index (χ2v) is 8.80. The Hall–Kier alpha value is -3.45. The lowest BCUT2D eigenvalue weighted by molar-refractivity contribution is -0.116. The number of carbonyl (C=O) groups is 1. The number of carbonyl (C=O) groups excluding carboxylic acids is 1. The summed E-state index contributed by atoms with van der Waals surface area (Å²) in [7, 11) is 3.27. The Bertz CT molecular complexity index is 1220. The Morgan fingerprint density at radius 3 is 2.58 bits per heavy atom. The van der Waals surface area contributed by atoms with E-state index in [9.17, 15) is 4.79 Å². The van der Waals surface area contributed by atoms with Crippen LogP contribution in [0.1, 0.15) is 45.2 Å². The molecule has 3 aromatic rings. The van der Waals surface area contributed by atoms with E-state index in [2.05, 4.69) is 5.32 Å². The zero-order chi connectivity index (χ0) is 26.2. The molecule has 0 radical (unpaired) electrons. The van der Waals surface area contributed by atoms with E-state index >= 15 is 0 Å². The van der Waals surface area contributed by atoms with Crippen molar-refractivity contribution in [2.24, 2.45) is 0 Å². The molecule has 1 amide bonds. The van der Waals surface area contributed by atoms with Crippen LogP contribution >= 0.6 is 0 Å². The van der Waals surface area contributed by atoms with Gasteiger partial charge >= 0.3 is 0 Å². The average Bonchev–Trinajstić information content (AvgIpc) is 3.28. The Kier molecular flexibility index (Phi) is 9.42. The lowest BCUT2D eigenvalue weighted by Crippen LogP contribution is -2.23. The fraction of sp³-hybridized carbons (Fsp3) is 0.414. The van der Waals surface area contributed by atoms with Crippen LogP contribution in [0, 0.1) is 6.92 Å². The molecule has 0 saturated heterocycles. The quantitative estimate of drug-likeness (QED) is 0.240. The van der Waals surface area contributed by atoms with Crippen LogP contribution in [0.2, 0.25) is 0 Å². The molecule has 0 aliphatic heterocycles. The van der Waals surface area contributed by atoms with Crippen molar-refractivity contribution in [3.63, 3.8) is 0 Å². The van der Waals surface area contributed by atoms with Crippen LogP contribution in [-0.2, 0) is 9.53 Å². The summed E-state index contributed by atoms with van der Waals surface area (Å²) in [5.41, 5.74) is 4.96. The number of allylic oxidation sites excluding steroid dienone is 1. The van der Waals surface area contributed by atoms with Crippen molar-refractivity contribution in [1.29, 1.82) is 0 Å². The maximum atomic E-state index is 12.6. The molecule has 3 rings (SSSR count). The third kappa shape index (κ3) is 6.21. The number of ether oxygens (including phenoxy) is 4. The van der Waals surface area contributed by atoms with E-state index in [1.165, 1.54) is 0 Å². The highest BCUT2D eigenvalue weighted by atomic mass is 16.5. The predicted octanol–water partition coefficient (Wildman–Crippen LogP) is 6.16. The third-order valence-corrected chi connectivity index (χ3v) is 5.87. The summed E-state index contributed by atoms with van der Waals surface area (Å²) in [4.78, 5) is 12.6. The van der Waals surface area contributed by atoms with Crippen molar-refractivity contribution in [2.45, 2.75) is 47.1 Å². The van der Waals surface area contributed by atoms with Crippen LogP contribution in [0.15, 0.2) is 41.0 Å². The van der Waals surface area contributed by atoms with E-state index in [1.54, 1.807) is 26.6 Å². The molecule has 194 valence electrons. The molecule has 2 aromatic carbocycles. The first-order valence-electron chi connectivity index (χ1n) is 12.3. The minimum atomic E-state index is -0.154. The summed E-state index contributed by atoms with van der Waals surface area (Å²) >= 11 is 0. The van der Waals surface area contributed by atoms with Crippen LogP contribution in [0.5, 0.6) is 17.2 Å².